The van der Waals surface area contributed by atoms with E-state index in [9.17, 15) is 4.79 Å². The van der Waals surface area contributed by atoms with Crippen molar-refractivity contribution >= 4 is 21.9 Å². The summed E-state index contributed by atoms with van der Waals surface area (Å²) in [7, 11) is 0. The first-order valence-corrected chi connectivity index (χ1v) is 4.85. The molecule has 1 aromatic carbocycles. The molecule has 3 rings (SSSR count). The summed E-state index contributed by atoms with van der Waals surface area (Å²) in [5.74, 6) is 0. The van der Waals surface area contributed by atoms with Crippen LogP contribution < -0.4 is 5.56 Å². The van der Waals surface area contributed by atoms with E-state index in [2.05, 4.69) is 15.0 Å². The fraction of sp³-hybridized carbons (Fsp3) is 0. The third kappa shape index (κ3) is 1.32. The number of pyridine rings is 1. The molecule has 0 fully saturated rings. The third-order valence-electron chi connectivity index (χ3n) is 2.39. The summed E-state index contributed by atoms with van der Waals surface area (Å²) in [4.78, 5) is 23.7. The minimum atomic E-state index is -0.293. The average molecular weight is 209 g/mol. The van der Waals surface area contributed by atoms with Crippen LogP contribution in [0.1, 0.15) is 0 Å². The molecule has 0 amide bonds. The highest BCUT2D eigenvalue weighted by atomic mass is 16.1. The summed E-state index contributed by atoms with van der Waals surface area (Å²) in [6, 6.07) is 8.75. The lowest BCUT2D eigenvalue weighted by Gasteiger charge is -1.97. The largest absolute Gasteiger partial charge is 0.271 e. The van der Waals surface area contributed by atoms with Crippen molar-refractivity contribution in [3.63, 3.8) is 0 Å². The van der Waals surface area contributed by atoms with Gasteiger partial charge in [0.2, 0.25) is 0 Å². The van der Waals surface area contributed by atoms with E-state index >= 15 is 0 Å². The number of hydrogen-bond donors (Lipinski definition) is 0. The highest BCUT2D eigenvalue weighted by molar-refractivity contribution is 6.01. The highest BCUT2D eigenvalue weighted by Crippen LogP contribution is 2.18. The van der Waals surface area contributed by atoms with E-state index in [0.717, 1.165) is 10.9 Å². The van der Waals surface area contributed by atoms with E-state index in [1.165, 1.54) is 12.3 Å². The molecule has 0 aliphatic rings. The second-order valence-electron chi connectivity index (χ2n) is 3.40. The lowest BCUT2D eigenvalue weighted by atomic mass is 10.2. The maximum atomic E-state index is 11.4. The number of hydrogen-bond acceptors (Lipinski definition) is 4. The fourth-order valence-corrected chi connectivity index (χ4v) is 1.68. The molecule has 0 saturated heterocycles. The molecule has 0 aliphatic heterocycles. The van der Waals surface area contributed by atoms with Crippen LogP contribution in [0.3, 0.4) is 0 Å². The van der Waals surface area contributed by atoms with Crippen LogP contribution in [0.15, 0.2) is 47.5 Å². The molecule has 4 nitrogen and oxygen atoms in total. The average Bonchev–Trinajstić information content (AvgIpc) is 2.50. The van der Waals surface area contributed by atoms with Gasteiger partial charge in [-0.05, 0) is 24.3 Å². The predicted molar refractivity (Wildman–Crippen MR) is 61.1 cm³/mol. The molecule has 16 heavy (non-hydrogen) atoms. The molecular formula is C12H7N3O. The number of nitrogens with zero attached hydrogens (tertiary/aromatic N) is 3. The molecule has 0 atom stereocenters. The molecule has 2 heterocycles. The molecular weight excluding hydrogens is 202 g/mol. The van der Waals surface area contributed by atoms with Gasteiger partial charge in [0.15, 0.2) is 0 Å². The van der Waals surface area contributed by atoms with Crippen LogP contribution in [0.4, 0.5) is 0 Å². The predicted octanol–water partition coefficient (Wildman–Crippen LogP) is 1.54. The van der Waals surface area contributed by atoms with Crippen molar-refractivity contribution in [2.45, 2.75) is 0 Å². The van der Waals surface area contributed by atoms with Gasteiger partial charge < -0.3 is 0 Å². The van der Waals surface area contributed by atoms with Gasteiger partial charge in [-0.15, -0.1) is 0 Å². The molecule has 0 saturated carbocycles. The van der Waals surface area contributed by atoms with Crippen LogP contribution in [0, 0.1) is 0 Å². The van der Waals surface area contributed by atoms with Gasteiger partial charge in [0.25, 0.3) is 5.56 Å². The summed E-state index contributed by atoms with van der Waals surface area (Å²) in [5, 5.41) is 0.848. The van der Waals surface area contributed by atoms with Crippen molar-refractivity contribution in [1.82, 2.24) is 15.0 Å². The summed E-state index contributed by atoms with van der Waals surface area (Å²) < 4.78 is 0. The Morgan fingerprint density at radius 1 is 0.875 bits per heavy atom. The molecule has 0 unspecified atom stereocenters. The highest BCUT2D eigenvalue weighted by Gasteiger charge is 2.01. The molecule has 2 aromatic heterocycles. The lowest BCUT2D eigenvalue weighted by molar-refractivity contribution is 1.33. The van der Waals surface area contributed by atoms with Gasteiger partial charge in [-0.1, -0.05) is 0 Å². The van der Waals surface area contributed by atoms with Crippen molar-refractivity contribution in [2.24, 2.45) is 0 Å². The van der Waals surface area contributed by atoms with Gasteiger partial charge in [-0.2, -0.15) is 0 Å². The smallest absolute Gasteiger partial charge is 0.267 e. The SMILES string of the molecule is O=c1ccnc2ccc3ncccc3c2n1. The Bertz CT molecular complexity index is 740. The first-order chi connectivity index (χ1) is 7.84. The monoisotopic (exact) mass is 209 g/mol. The summed E-state index contributed by atoms with van der Waals surface area (Å²) in [6.45, 7) is 0. The normalized spacial score (nSPS) is 10.8. The maximum Gasteiger partial charge on any atom is 0.271 e. The van der Waals surface area contributed by atoms with Gasteiger partial charge in [-0.25, -0.2) is 4.98 Å². The molecule has 3 aromatic rings. The van der Waals surface area contributed by atoms with E-state index in [0.29, 0.717) is 11.0 Å². The molecule has 76 valence electrons. The van der Waals surface area contributed by atoms with Crippen molar-refractivity contribution in [3.05, 3.63) is 53.1 Å². The second kappa shape index (κ2) is 3.34. The standard InChI is InChI=1S/C12H7N3O/c16-11-5-7-14-10-4-3-9-8(12(10)15-11)2-1-6-13-9/h1-7H. The summed E-state index contributed by atoms with van der Waals surface area (Å²) in [5.41, 5.74) is 1.82. The van der Waals surface area contributed by atoms with Gasteiger partial charge in [-0.3, -0.25) is 14.8 Å². The number of benzene rings is 1. The van der Waals surface area contributed by atoms with Crippen molar-refractivity contribution in [2.75, 3.05) is 0 Å². The zero-order chi connectivity index (χ0) is 11.0. The van der Waals surface area contributed by atoms with Gasteiger partial charge in [0.05, 0.1) is 11.0 Å². The van der Waals surface area contributed by atoms with Gasteiger partial charge in [0.1, 0.15) is 5.52 Å². The zero-order valence-corrected chi connectivity index (χ0v) is 8.29. The molecule has 0 bridgehead atoms. The summed E-state index contributed by atoms with van der Waals surface area (Å²) >= 11 is 0. The Morgan fingerprint density at radius 3 is 2.62 bits per heavy atom. The third-order valence-corrected chi connectivity index (χ3v) is 2.39. The van der Waals surface area contributed by atoms with E-state index in [4.69, 9.17) is 0 Å². The molecule has 0 spiro atoms. The van der Waals surface area contributed by atoms with E-state index < -0.39 is 0 Å². The van der Waals surface area contributed by atoms with Gasteiger partial charge >= 0.3 is 0 Å². The Balaban J connectivity index is 2.65. The van der Waals surface area contributed by atoms with Crippen LogP contribution in [0.25, 0.3) is 21.9 Å². The van der Waals surface area contributed by atoms with Crippen LogP contribution in [0.5, 0.6) is 0 Å². The van der Waals surface area contributed by atoms with E-state index in [1.807, 2.05) is 24.3 Å². The number of fused-ring (bicyclic) bond motifs is 3. The molecule has 0 aliphatic carbocycles. The van der Waals surface area contributed by atoms with E-state index in [1.54, 1.807) is 6.20 Å². The molecule has 0 radical (unpaired) electrons. The Hall–Kier alpha value is -2.36. The van der Waals surface area contributed by atoms with Crippen molar-refractivity contribution < 1.29 is 0 Å². The number of rotatable bonds is 0. The van der Waals surface area contributed by atoms with Crippen LogP contribution in [-0.2, 0) is 0 Å². The first-order valence-electron chi connectivity index (χ1n) is 4.85. The van der Waals surface area contributed by atoms with Gasteiger partial charge in [0, 0.05) is 23.8 Å². The minimum Gasteiger partial charge on any atom is -0.267 e. The Labute approximate surface area is 90.6 Å². The molecule has 0 N–H and O–H groups in total. The topological polar surface area (TPSA) is 55.7 Å². The van der Waals surface area contributed by atoms with E-state index in [-0.39, 0.29) is 5.56 Å². The summed E-state index contributed by atoms with van der Waals surface area (Å²) in [6.07, 6.45) is 3.18. The molecule has 4 heteroatoms. The van der Waals surface area contributed by atoms with Crippen molar-refractivity contribution in [3.8, 4) is 0 Å². The number of aromatic nitrogens is 3. The lowest BCUT2D eigenvalue weighted by Crippen LogP contribution is -1.98. The van der Waals surface area contributed by atoms with Crippen LogP contribution in [-0.4, -0.2) is 15.0 Å². The fourth-order valence-electron chi connectivity index (χ4n) is 1.68. The Kier molecular flexibility index (Phi) is 1.86. The maximum absolute atomic E-state index is 11.4. The Morgan fingerprint density at radius 2 is 1.69 bits per heavy atom. The first kappa shape index (κ1) is 8.91. The van der Waals surface area contributed by atoms with Crippen molar-refractivity contribution in [1.29, 1.82) is 0 Å². The minimum absolute atomic E-state index is 0.293. The zero-order valence-electron chi connectivity index (χ0n) is 8.29. The van der Waals surface area contributed by atoms with Crippen LogP contribution >= 0.6 is 0 Å². The second-order valence-corrected chi connectivity index (χ2v) is 3.40. The quantitative estimate of drug-likeness (QED) is 0.563. The van der Waals surface area contributed by atoms with Crippen LogP contribution in [0.2, 0.25) is 0 Å².